The van der Waals surface area contributed by atoms with Crippen LogP contribution in [0.2, 0.25) is 0 Å². The Morgan fingerprint density at radius 2 is 1.93 bits per heavy atom. The van der Waals surface area contributed by atoms with Crippen molar-refractivity contribution in [3.8, 4) is 5.75 Å². The average Bonchev–Trinajstić information content (AvgIpc) is 2.67. The van der Waals surface area contributed by atoms with Crippen molar-refractivity contribution >= 4 is 27.3 Å². The van der Waals surface area contributed by atoms with Crippen molar-refractivity contribution in [2.75, 3.05) is 16.6 Å². The van der Waals surface area contributed by atoms with E-state index in [0.29, 0.717) is 16.9 Å². The molecule has 0 atom stereocenters. The molecule has 1 amide bonds. The number of nitrogens with one attached hydrogen (secondary N) is 2. The number of ether oxygens (including phenoxy) is 1. The number of rotatable bonds is 9. The number of sulfonamides is 1. The number of allylic oxidation sites excluding steroid dienone is 3. The quantitative estimate of drug-likeness (QED) is 0.445. The molecular weight excluding hydrogens is 400 g/mol. The maximum atomic E-state index is 12.9. The fourth-order valence-electron chi connectivity index (χ4n) is 2.71. The lowest BCUT2D eigenvalue weighted by molar-refractivity contribution is -0.112. The Morgan fingerprint density at radius 3 is 2.57 bits per heavy atom. The standard InChI is InChI=1S/C23H26N2O4S/c1-5-9-18(10-6-2)23(26)24-19-13-14-22(21(16-19)29-7-3)30(27,28)25-20-12-8-11-17(4)15-20/h5-6,8-16,25H,1,7H2,2-4H3,(H,24,26)/b10-6-,18-9+. The number of anilines is 2. The van der Waals surface area contributed by atoms with Crippen LogP contribution in [0.4, 0.5) is 11.4 Å². The van der Waals surface area contributed by atoms with Gasteiger partial charge in [0, 0.05) is 23.0 Å². The second kappa shape index (κ2) is 10.5. The summed E-state index contributed by atoms with van der Waals surface area (Å²) in [5, 5.41) is 2.74. The molecule has 0 unspecified atom stereocenters. The molecule has 0 bridgehead atoms. The highest BCUT2D eigenvalue weighted by molar-refractivity contribution is 7.92. The van der Waals surface area contributed by atoms with Crippen LogP contribution in [0, 0.1) is 6.92 Å². The van der Waals surface area contributed by atoms with Gasteiger partial charge in [-0.1, -0.05) is 43.0 Å². The Labute approximate surface area is 178 Å². The lowest BCUT2D eigenvalue weighted by Gasteiger charge is -2.15. The van der Waals surface area contributed by atoms with E-state index in [1.807, 2.05) is 13.0 Å². The summed E-state index contributed by atoms with van der Waals surface area (Å²) in [4.78, 5) is 12.5. The summed E-state index contributed by atoms with van der Waals surface area (Å²) in [6.45, 7) is 9.31. The molecule has 2 aromatic rings. The number of benzene rings is 2. The Morgan fingerprint density at radius 1 is 1.17 bits per heavy atom. The van der Waals surface area contributed by atoms with Crippen molar-refractivity contribution < 1.29 is 17.9 Å². The molecule has 2 rings (SSSR count). The van der Waals surface area contributed by atoms with E-state index in [4.69, 9.17) is 4.74 Å². The van der Waals surface area contributed by atoms with Crippen LogP contribution in [-0.4, -0.2) is 20.9 Å². The molecule has 0 aromatic heterocycles. The Kier molecular flexibility index (Phi) is 8.00. The average molecular weight is 427 g/mol. The third-order valence-electron chi connectivity index (χ3n) is 3.97. The number of hydrogen-bond acceptors (Lipinski definition) is 4. The summed E-state index contributed by atoms with van der Waals surface area (Å²) in [5.74, 6) is -0.195. The predicted molar refractivity (Wildman–Crippen MR) is 121 cm³/mol. The third kappa shape index (κ3) is 6.09. The lowest BCUT2D eigenvalue weighted by atomic mass is 10.2. The van der Waals surface area contributed by atoms with Crippen molar-refractivity contribution in [2.24, 2.45) is 0 Å². The molecule has 2 N–H and O–H groups in total. The van der Waals surface area contributed by atoms with E-state index in [1.54, 1.807) is 50.3 Å². The Bertz CT molecular complexity index is 1090. The summed E-state index contributed by atoms with van der Waals surface area (Å²) < 4.78 is 33.9. The molecule has 0 aliphatic rings. The third-order valence-corrected chi connectivity index (χ3v) is 5.39. The molecule has 2 aromatic carbocycles. The smallest absolute Gasteiger partial charge is 0.265 e. The van der Waals surface area contributed by atoms with Crippen LogP contribution >= 0.6 is 0 Å². The first-order valence-electron chi connectivity index (χ1n) is 9.43. The minimum atomic E-state index is -3.89. The van der Waals surface area contributed by atoms with Gasteiger partial charge in [-0.25, -0.2) is 8.42 Å². The second-order valence-corrected chi connectivity index (χ2v) is 8.03. The monoisotopic (exact) mass is 426 g/mol. The summed E-state index contributed by atoms with van der Waals surface area (Å²) in [5.41, 5.74) is 2.23. The van der Waals surface area contributed by atoms with Gasteiger partial charge in [0.1, 0.15) is 10.6 Å². The molecule has 0 fully saturated rings. The molecule has 0 spiro atoms. The van der Waals surface area contributed by atoms with E-state index in [0.717, 1.165) is 5.56 Å². The van der Waals surface area contributed by atoms with E-state index in [9.17, 15) is 13.2 Å². The van der Waals surface area contributed by atoms with E-state index in [2.05, 4.69) is 16.6 Å². The molecule has 0 aliphatic carbocycles. The number of aryl methyl sites for hydroxylation is 1. The molecule has 0 heterocycles. The topological polar surface area (TPSA) is 84.5 Å². The molecule has 30 heavy (non-hydrogen) atoms. The van der Waals surface area contributed by atoms with Crippen LogP contribution in [0.1, 0.15) is 19.4 Å². The van der Waals surface area contributed by atoms with Crippen LogP contribution < -0.4 is 14.8 Å². The van der Waals surface area contributed by atoms with Crippen molar-refractivity contribution in [2.45, 2.75) is 25.7 Å². The van der Waals surface area contributed by atoms with E-state index in [1.165, 1.54) is 24.3 Å². The highest BCUT2D eigenvalue weighted by Crippen LogP contribution is 2.29. The largest absolute Gasteiger partial charge is 0.492 e. The molecule has 0 radical (unpaired) electrons. The molecule has 0 aliphatic heterocycles. The minimum absolute atomic E-state index is 0.0147. The van der Waals surface area contributed by atoms with E-state index >= 15 is 0 Å². The van der Waals surface area contributed by atoms with Crippen molar-refractivity contribution in [1.82, 2.24) is 0 Å². The fraction of sp³-hybridized carbons (Fsp3) is 0.174. The molecule has 0 saturated carbocycles. The van der Waals surface area contributed by atoms with Crippen LogP contribution in [0.3, 0.4) is 0 Å². The van der Waals surface area contributed by atoms with Gasteiger partial charge < -0.3 is 10.1 Å². The fourth-order valence-corrected chi connectivity index (χ4v) is 3.89. The Balaban J connectivity index is 2.35. The van der Waals surface area contributed by atoms with Gasteiger partial charge in [0.15, 0.2) is 0 Å². The van der Waals surface area contributed by atoms with E-state index < -0.39 is 10.0 Å². The number of carbonyl (C=O) groups excluding carboxylic acids is 1. The Hall–Kier alpha value is -3.32. The summed E-state index contributed by atoms with van der Waals surface area (Å²) in [6, 6.07) is 11.5. The first-order valence-corrected chi connectivity index (χ1v) is 10.9. The van der Waals surface area contributed by atoms with Crippen LogP contribution in [0.5, 0.6) is 5.75 Å². The van der Waals surface area contributed by atoms with Crippen LogP contribution in [-0.2, 0) is 14.8 Å². The minimum Gasteiger partial charge on any atom is -0.492 e. The maximum Gasteiger partial charge on any atom is 0.265 e. The molecule has 0 saturated heterocycles. The highest BCUT2D eigenvalue weighted by atomic mass is 32.2. The van der Waals surface area contributed by atoms with Crippen LogP contribution in [0.15, 0.2) is 83.8 Å². The highest BCUT2D eigenvalue weighted by Gasteiger charge is 2.21. The first-order chi connectivity index (χ1) is 14.3. The van der Waals surface area contributed by atoms with Gasteiger partial charge >= 0.3 is 0 Å². The zero-order valence-corrected chi connectivity index (χ0v) is 18.1. The molecule has 7 heteroatoms. The zero-order valence-electron chi connectivity index (χ0n) is 17.3. The van der Waals surface area contributed by atoms with Gasteiger partial charge in [0.05, 0.1) is 6.61 Å². The van der Waals surface area contributed by atoms with Gasteiger partial charge in [-0.3, -0.25) is 9.52 Å². The summed E-state index contributed by atoms with van der Waals surface area (Å²) in [6.07, 6.45) is 6.51. The maximum absolute atomic E-state index is 12.9. The number of hydrogen-bond donors (Lipinski definition) is 2. The van der Waals surface area contributed by atoms with Crippen molar-refractivity contribution in [3.63, 3.8) is 0 Å². The van der Waals surface area contributed by atoms with Crippen molar-refractivity contribution in [3.05, 3.63) is 84.5 Å². The SMILES string of the molecule is C=C/C=C(\C=C/C)C(=O)Nc1ccc(S(=O)(=O)Nc2cccc(C)c2)c(OCC)c1. The molecule has 6 nitrogen and oxygen atoms in total. The van der Waals surface area contributed by atoms with Gasteiger partial charge in [0.25, 0.3) is 15.9 Å². The van der Waals surface area contributed by atoms with Gasteiger partial charge in [-0.2, -0.15) is 0 Å². The normalized spacial score (nSPS) is 11.9. The van der Waals surface area contributed by atoms with Gasteiger partial charge in [-0.05, 0) is 50.6 Å². The van der Waals surface area contributed by atoms with Crippen molar-refractivity contribution in [1.29, 1.82) is 0 Å². The number of amides is 1. The summed E-state index contributed by atoms with van der Waals surface area (Å²) in [7, 11) is -3.89. The van der Waals surface area contributed by atoms with Gasteiger partial charge in [0.2, 0.25) is 0 Å². The first kappa shape index (κ1) is 23.0. The van der Waals surface area contributed by atoms with E-state index in [-0.39, 0.29) is 23.2 Å². The molecular formula is C23H26N2O4S. The van der Waals surface area contributed by atoms with Crippen LogP contribution in [0.25, 0.3) is 0 Å². The second-order valence-electron chi connectivity index (χ2n) is 6.38. The van der Waals surface area contributed by atoms with Gasteiger partial charge in [-0.15, -0.1) is 0 Å². The number of carbonyl (C=O) groups is 1. The summed E-state index contributed by atoms with van der Waals surface area (Å²) >= 11 is 0. The molecule has 158 valence electrons. The zero-order chi connectivity index (χ0) is 22.1. The predicted octanol–water partition coefficient (Wildman–Crippen LogP) is 4.82. The lowest BCUT2D eigenvalue weighted by Crippen LogP contribution is -2.16.